The minimum atomic E-state index is -3.20. The molecule has 0 heterocycles. The van der Waals surface area contributed by atoms with E-state index in [4.69, 9.17) is 18.0 Å². The zero-order valence-electron chi connectivity index (χ0n) is 11.4. The van der Waals surface area contributed by atoms with Gasteiger partial charge in [0.1, 0.15) is 0 Å². The van der Waals surface area contributed by atoms with Crippen molar-refractivity contribution in [2.75, 3.05) is 19.3 Å². The quantitative estimate of drug-likeness (QED) is 0.751. The maximum absolute atomic E-state index is 12.0. The summed E-state index contributed by atoms with van der Waals surface area (Å²) < 4.78 is 25.3. The van der Waals surface area contributed by atoms with Crippen molar-refractivity contribution in [1.29, 1.82) is 0 Å². The van der Waals surface area contributed by atoms with Crippen molar-refractivity contribution < 1.29 is 8.42 Å². The number of sulfonamides is 1. The average molecular weight is 280 g/mol. The minimum absolute atomic E-state index is 0.0166. The van der Waals surface area contributed by atoms with E-state index in [9.17, 15) is 8.42 Å². The third kappa shape index (κ3) is 6.95. The van der Waals surface area contributed by atoms with Gasteiger partial charge in [-0.15, -0.1) is 0 Å². The summed E-state index contributed by atoms with van der Waals surface area (Å²) >= 11 is 4.84. The van der Waals surface area contributed by atoms with Gasteiger partial charge in [-0.05, 0) is 11.8 Å². The number of hydrogen-bond acceptors (Lipinski definition) is 3. The van der Waals surface area contributed by atoms with E-state index in [1.165, 1.54) is 4.31 Å². The van der Waals surface area contributed by atoms with E-state index in [0.717, 1.165) is 0 Å². The van der Waals surface area contributed by atoms with E-state index in [2.05, 4.69) is 0 Å². The highest BCUT2D eigenvalue weighted by molar-refractivity contribution is 7.89. The molecule has 4 nitrogen and oxygen atoms in total. The van der Waals surface area contributed by atoms with Gasteiger partial charge < -0.3 is 5.73 Å². The van der Waals surface area contributed by atoms with Gasteiger partial charge in [-0.25, -0.2) is 12.7 Å². The number of nitrogens with zero attached hydrogens (tertiary/aromatic N) is 1. The minimum Gasteiger partial charge on any atom is -0.393 e. The molecule has 0 aliphatic rings. The predicted molar refractivity (Wildman–Crippen MR) is 76.4 cm³/mol. The first-order valence-electron chi connectivity index (χ1n) is 5.69. The summed E-state index contributed by atoms with van der Waals surface area (Å²) in [5.41, 5.74) is 5.50. The maximum atomic E-state index is 12.0. The van der Waals surface area contributed by atoms with E-state index in [1.807, 2.05) is 27.7 Å². The van der Waals surface area contributed by atoms with Crippen LogP contribution < -0.4 is 5.73 Å². The standard InChI is InChI=1S/C11H24N2O2S2/c1-9(10(12)16)8-13(5)17(14,15)7-6-11(2,3)4/h9H,6-8H2,1-5H3,(H2,12,16). The lowest BCUT2D eigenvalue weighted by molar-refractivity contribution is 0.386. The highest BCUT2D eigenvalue weighted by Gasteiger charge is 2.23. The fraction of sp³-hybridized carbons (Fsp3) is 0.909. The normalized spacial score (nSPS) is 14.9. The van der Waals surface area contributed by atoms with Crippen LogP contribution in [-0.2, 0) is 10.0 Å². The van der Waals surface area contributed by atoms with Crippen molar-refractivity contribution in [1.82, 2.24) is 4.31 Å². The Hall–Kier alpha value is -0.200. The Morgan fingerprint density at radius 2 is 1.88 bits per heavy atom. The molecule has 0 aliphatic carbocycles. The third-order valence-electron chi connectivity index (χ3n) is 2.60. The Morgan fingerprint density at radius 1 is 1.41 bits per heavy atom. The van der Waals surface area contributed by atoms with Crippen LogP contribution in [-0.4, -0.2) is 37.1 Å². The lowest BCUT2D eigenvalue weighted by atomic mass is 9.94. The summed E-state index contributed by atoms with van der Waals surface area (Å²) in [5, 5.41) is 0. The molecule has 0 rings (SSSR count). The van der Waals surface area contributed by atoms with Crippen LogP contribution in [0.15, 0.2) is 0 Å². The Labute approximate surface area is 111 Å². The summed E-state index contributed by atoms with van der Waals surface area (Å²) in [6, 6.07) is 0. The molecule has 17 heavy (non-hydrogen) atoms. The van der Waals surface area contributed by atoms with Crippen molar-refractivity contribution in [3.05, 3.63) is 0 Å². The first-order chi connectivity index (χ1) is 7.46. The van der Waals surface area contributed by atoms with E-state index < -0.39 is 10.0 Å². The van der Waals surface area contributed by atoms with Crippen molar-refractivity contribution in [2.24, 2.45) is 17.1 Å². The summed E-state index contributed by atoms with van der Waals surface area (Å²) in [6.07, 6.45) is 0.640. The van der Waals surface area contributed by atoms with Crippen molar-refractivity contribution in [3.8, 4) is 0 Å². The SMILES string of the molecule is CC(CN(C)S(=O)(=O)CCC(C)(C)C)C(N)=S. The molecule has 0 aromatic rings. The predicted octanol–water partition coefficient (Wildman–Crippen LogP) is 1.61. The number of hydrogen-bond donors (Lipinski definition) is 1. The smallest absolute Gasteiger partial charge is 0.213 e. The average Bonchev–Trinajstić information content (AvgIpc) is 2.13. The molecule has 0 amide bonds. The third-order valence-corrected chi connectivity index (χ3v) is 4.82. The second-order valence-corrected chi connectivity index (χ2v) is 8.38. The Bertz CT molecular complexity index is 358. The molecule has 1 atom stereocenters. The van der Waals surface area contributed by atoms with Crippen LogP contribution in [0.4, 0.5) is 0 Å². The topological polar surface area (TPSA) is 63.4 Å². The van der Waals surface area contributed by atoms with Gasteiger partial charge in [0, 0.05) is 19.5 Å². The lowest BCUT2D eigenvalue weighted by Gasteiger charge is -2.23. The Morgan fingerprint density at radius 3 is 2.24 bits per heavy atom. The number of thiocarbonyl (C=S) groups is 1. The van der Waals surface area contributed by atoms with Crippen molar-refractivity contribution >= 4 is 27.2 Å². The van der Waals surface area contributed by atoms with Gasteiger partial charge in [-0.2, -0.15) is 0 Å². The lowest BCUT2D eigenvalue weighted by Crippen LogP contribution is -2.37. The summed E-state index contributed by atoms with van der Waals surface area (Å²) in [6.45, 7) is 8.26. The van der Waals surface area contributed by atoms with Crippen LogP contribution in [0.25, 0.3) is 0 Å². The molecule has 0 aromatic heterocycles. The molecule has 1 unspecified atom stereocenters. The molecule has 0 fully saturated rings. The first-order valence-corrected chi connectivity index (χ1v) is 7.71. The first kappa shape index (κ1) is 16.8. The van der Waals surface area contributed by atoms with E-state index in [0.29, 0.717) is 18.0 Å². The van der Waals surface area contributed by atoms with E-state index in [-0.39, 0.29) is 17.1 Å². The zero-order valence-corrected chi connectivity index (χ0v) is 13.0. The van der Waals surface area contributed by atoms with Gasteiger partial charge >= 0.3 is 0 Å². The summed E-state index contributed by atoms with van der Waals surface area (Å²) in [7, 11) is -1.63. The molecular formula is C11H24N2O2S2. The molecule has 0 bridgehead atoms. The zero-order chi connectivity index (χ0) is 13.9. The highest BCUT2D eigenvalue weighted by atomic mass is 32.2. The fourth-order valence-electron chi connectivity index (χ4n) is 1.18. The molecule has 0 spiro atoms. The van der Waals surface area contributed by atoms with Gasteiger partial charge in [0.25, 0.3) is 0 Å². The van der Waals surface area contributed by atoms with E-state index >= 15 is 0 Å². The molecule has 0 radical (unpaired) electrons. The Balaban J connectivity index is 4.46. The van der Waals surface area contributed by atoms with Crippen LogP contribution in [0.2, 0.25) is 0 Å². The van der Waals surface area contributed by atoms with Gasteiger partial charge in [-0.3, -0.25) is 0 Å². The number of rotatable bonds is 6. The van der Waals surface area contributed by atoms with Crippen molar-refractivity contribution in [3.63, 3.8) is 0 Å². The van der Waals surface area contributed by atoms with Crippen LogP contribution in [0.1, 0.15) is 34.1 Å². The molecule has 0 aromatic carbocycles. The maximum Gasteiger partial charge on any atom is 0.213 e. The summed E-state index contributed by atoms with van der Waals surface area (Å²) in [4.78, 5) is 0.350. The molecule has 0 saturated carbocycles. The highest BCUT2D eigenvalue weighted by Crippen LogP contribution is 2.20. The fourth-order valence-corrected chi connectivity index (χ4v) is 2.89. The monoisotopic (exact) mass is 280 g/mol. The second-order valence-electron chi connectivity index (χ2n) is 5.71. The van der Waals surface area contributed by atoms with E-state index in [1.54, 1.807) is 7.05 Å². The Kier molecular flexibility index (Phi) is 6.04. The molecule has 0 saturated heterocycles. The van der Waals surface area contributed by atoms with Crippen LogP contribution in [0.3, 0.4) is 0 Å². The van der Waals surface area contributed by atoms with Crippen LogP contribution >= 0.6 is 12.2 Å². The molecule has 102 valence electrons. The van der Waals surface area contributed by atoms with Gasteiger partial charge in [0.05, 0.1) is 10.7 Å². The van der Waals surface area contributed by atoms with Crippen LogP contribution in [0.5, 0.6) is 0 Å². The van der Waals surface area contributed by atoms with Gasteiger partial charge in [-0.1, -0.05) is 39.9 Å². The van der Waals surface area contributed by atoms with Crippen molar-refractivity contribution in [2.45, 2.75) is 34.1 Å². The molecule has 2 N–H and O–H groups in total. The largest absolute Gasteiger partial charge is 0.393 e. The molecular weight excluding hydrogens is 256 g/mol. The number of nitrogens with two attached hydrogens (primary N) is 1. The second kappa shape index (κ2) is 6.11. The molecule has 6 heteroatoms. The van der Waals surface area contributed by atoms with Gasteiger partial charge in [0.15, 0.2) is 0 Å². The van der Waals surface area contributed by atoms with Crippen LogP contribution in [0, 0.1) is 11.3 Å². The summed E-state index contributed by atoms with van der Waals surface area (Å²) in [5.74, 6) is 0.0660. The van der Waals surface area contributed by atoms with Gasteiger partial charge in [0.2, 0.25) is 10.0 Å². The molecule has 0 aliphatic heterocycles.